The van der Waals surface area contributed by atoms with Crippen LogP contribution in [0.3, 0.4) is 0 Å². The van der Waals surface area contributed by atoms with Crippen molar-refractivity contribution in [3.05, 3.63) is 35.4 Å². The summed E-state index contributed by atoms with van der Waals surface area (Å²) in [7, 11) is 0. The molecule has 2 atom stereocenters. The van der Waals surface area contributed by atoms with E-state index in [0.29, 0.717) is 18.8 Å². The van der Waals surface area contributed by atoms with Crippen LogP contribution in [0.25, 0.3) is 0 Å². The van der Waals surface area contributed by atoms with Crippen molar-refractivity contribution >= 4 is 5.91 Å². The maximum atomic E-state index is 13.7. The van der Waals surface area contributed by atoms with Crippen LogP contribution in [0, 0.1) is 17.6 Å². The lowest BCUT2D eigenvalue weighted by molar-refractivity contribution is -0.123. The summed E-state index contributed by atoms with van der Waals surface area (Å²) in [4.78, 5) is 12.0. The monoisotopic (exact) mass is 284 g/mol. The van der Waals surface area contributed by atoms with Crippen LogP contribution in [0.15, 0.2) is 18.2 Å². The zero-order chi connectivity index (χ0) is 15.3. The van der Waals surface area contributed by atoms with Crippen molar-refractivity contribution in [3.63, 3.8) is 0 Å². The SMILES string of the molecule is CCC(NC(=O)[C@@H](N)CC(C)C)c1ccc(F)cc1F. The summed E-state index contributed by atoms with van der Waals surface area (Å²) in [6.45, 7) is 5.77. The molecule has 112 valence electrons. The summed E-state index contributed by atoms with van der Waals surface area (Å²) in [5.41, 5.74) is 6.07. The van der Waals surface area contributed by atoms with Gasteiger partial charge in [0, 0.05) is 11.6 Å². The van der Waals surface area contributed by atoms with Gasteiger partial charge in [-0.2, -0.15) is 0 Å². The molecule has 0 saturated heterocycles. The highest BCUT2D eigenvalue weighted by Gasteiger charge is 2.21. The van der Waals surface area contributed by atoms with Gasteiger partial charge in [0.05, 0.1) is 12.1 Å². The number of nitrogens with two attached hydrogens (primary N) is 1. The molecule has 1 rings (SSSR count). The summed E-state index contributed by atoms with van der Waals surface area (Å²) in [6.07, 6.45) is 1.07. The zero-order valence-electron chi connectivity index (χ0n) is 12.1. The molecule has 0 aliphatic heterocycles. The summed E-state index contributed by atoms with van der Waals surface area (Å²) < 4.78 is 26.6. The van der Waals surface area contributed by atoms with Crippen LogP contribution in [0.1, 0.15) is 45.2 Å². The Balaban J connectivity index is 2.79. The van der Waals surface area contributed by atoms with Crippen LogP contribution >= 0.6 is 0 Å². The van der Waals surface area contributed by atoms with Crippen molar-refractivity contribution in [2.75, 3.05) is 0 Å². The third-order valence-corrected chi connectivity index (χ3v) is 3.12. The highest BCUT2D eigenvalue weighted by molar-refractivity contribution is 5.81. The first-order chi connectivity index (χ1) is 9.35. The molecule has 1 unspecified atom stereocenters. The van der Waals surface area contributed by atoms with Gasteiger partial charge < -0.3 is 11.1 Å². The van der Waals surface area contributed by atoms with Crippen LogP contribution in [-0.4, -0.2) is 11.9 Å². The number of hydrogen-bond donors (Lipinski definition) is 2. The lowest BCUT2D eigenvalue weighted by Crippen LogP contribution is -2.43. The van der Waals surface area contributed by atoms with E-state index >= 15 is 0 Å². The summed E-state index contributed by atoms with van der Waals surface area (Å²) in [6, 6.07) is 2.24. The van der Waals surface area contributed by atoms with Gasteiger partial charge in [-0.15, -0.1) is 0 Å². The number of amides is 1. The topological polar surface area (TPSA) is 55.1 Å². The molecule has 20 heavy (non-hydrogen) atoms. The predicted molar refractivity (Wildman–Crippen MR) is 75.0 cm³/mol. The van der Waals surface area contributed by atoms with Gasteiger partial charge in [-0.25, -0.2) is 8.78 Å². The molecule has 0 fully saturated rings. The van der Waals surface area contributed by atoms with Crippen molar-refractivity contribution in [1.82, 2.24) is 5.32 Å². The molecule has 3 N–H and O–H groups in total. The average molecular weight is 284 g/mol. The molecule has 0 saturated carbocycles. The number of carbonyl (C=O) groups excluding carboxylic acids is 1. The number of hydrogen-bond acceptors (Lipinski definition) is 2. The van der Waals surface area contributed by atoms with E-state index in [1.807, 2.05) is 20.8 Å². The fourth-order valence-corrected chi connectivity index (χ4v) is 2.08. The largest absolute Gasteiger partial charge is 0.348 e. The second kappa shape index (κ2) is 7.33. The third-order valence-electron chi connectivity index (χ3n) is 3.12. The Morgan fingerprint density at radius 1 is 1.35 bits per heavy atom. The van der Waals surface area contributed by atoms with Gasteiger partial charge in [-0.05, 0) is 24.8 Å². The first-order valence-corrected chi connectivity index (χ1v) is 6.86. The van der Waals surface area contributed by atoms with E-state index in [9.17, 15) is 13.6 Å². The van der Waals surface area contributed by atoms with E-state index in [-0.39, 0.29) is 11.5 Å². The van der Waals surface area contributed by atoms with Crippen molar-refractivity contribution in [3.8, 4) is 0 Å². The zero-order valence-corrected chi connectivity index (χ0v) is 12.1. The van der Waals surface area contributed by atoms with Gasteiger partial charge >= 0.3 is 0 Å². The minimum Gasteiger partial charge on any atom is -0.348 e. The summed E-state index contributed by atoms with van der Waals surface area (Å²) in [5, 5.41) is 2.72. The predicted octanol–water partition coefficient (Wildman–Crippen LogP) is 2.91. The molecular formula is C15H22F2N2O. The summed E-state index contributed by atoms with van der Waals surface area (Å²) in [5.74, 6) is -1.30. The second-order valence-electron chi connectivity index (χ2n) is 5.37. The lowest BCUT2D eigenvalue weighted by Gasteiger charge is -2.21. The van der Waals surface area contributed by atoms with Gasteiger partial charge in [-0.1, -0.05) is 26.8 Å². The van der Waals surface area contributed by atoms with Crippen molar-refractivity contribution in [2.45, 2.75) is 45.7 Å². The van der Waals surface area contributed by atoms with Gasteiger partial charge in [0.25, 0.3) is 0 Å². The molecule has 3 nitrogen and oxygen atoms in total. The van der Waals surface area contributed by atoms with Crippen molar-refractivity contribution in [1.29, 1.82) is 0 Å². The van der Waals surface area contributed by atoms with Gasteiger partial charge in [0.1, 0.15) is 11.6 Å². The molecule has 0 aliphatic rings. The highest BCUT2D eigenvalue weighted by Crippen LogP contribution is 2.21. The number of benzene rings is 1. The molecule has 0 spiro atoms. The van der Waals surface area contributed by atoms with Gasteiger partial charge in [-0.3, -0.25) is 4.79 Å². The Kier molecular flexibility index (Phi) is 6.07. The fourth-order valence-electron chi connectivity index (χ4n) is 2.08. The molecule has 5 heteroatoms. The van der Waals surface area contributed by atoms with E-state index in [2.05, 4.69) is 5.32 Å². The second-order valence-corrected chi connectivity index (χ2v) is 5.37. The Labute approximate surface area is 118 Å². The first-order valence-electron chi connectivity index (χ1n) is 6.86. The van der Waals surface area contributed by atoms with Gasteiger partial charge in [0.15, 0.2) is 0 Å². The normalized spacial score (nSPS) is 14.2. The highest BCUT2D eigenvalue weighted by atomic mass is 19.1. The van der Waals surface area contributed by atoms with E-state index in [4.69, 9.17) is 5.73 Å². The Morgan fingerprint density at radius 3 is 2.50 bits per heavy atom. The lowest BCUT2D eigenvalue weighted by atomic mass is 10.0. The molecular weight excluding hydrogens is 262 g/mol. The number of halogens is 2. The van der Waals surface area contributed by atoms with Crippen LogP contribution in [-0.2, 0) is 4.79 Å². The Hall–Kier alpha value is -1.49. The Bertz CT molecular complexity index is 463. The number of rotatable bonds is 6. The van der Waals surface area contributed by atoms with E-state index in [0.717, 1.165) is 6.07 Å². The third kappa shape index (κ3) is 4.56. The molecule has 0 heterocycles. The van der Waals surface area contributed by atoms with E-state index < -0.39 is 23.7 Å². The molecule has 1 aromatic carbocycles. The molecule has 0 aliphatic carbocycles. The molecule has 0 bridgehead atoms. The quantitative estimate of drug-likeness (QED) is 0.844. The standard InChI is InChI=1S/C15H22F2N2O/c1-4-14(11-6-5-10(16)8-12(11)17)19-15(20)13(18)7-9(2)3/h5-6,8-9,13-14H,4,7,18H2,1-3H3,(H,19,20)/t13-,14?/m0/s1. The maximum absolute atomic E-state index is 13.7. The fraction of sp³-hybridized carbons (Fsp3) is 0.533. The van der Waals surface area contributed by atoms with Crippen LogP contribution < -0.4 is 11.1 Å². The first kappa shape index (κ1) is 16.6. The smallest absolute Gasteiger partial charge is 0.237 e. The molecule has 1 amide bonds. The average Bonchev–Trinajstić information content (AvgIpc) is 2.35. The van der Waals surface area contributed by atoms with Crippen LogP contribution in [0.2, 0.25) is 0 Å². The van der Waals surface area contributed by atoms with Crippen molar-refractivity contribution < 1.29 is 13.6 Å². The van der Waals surface area contributed by atoms with E-state index in [1.54, 1.807) is 0 Å². The van der Waals surface area contributed by atoms with E-state index in [1.165, 1.54) is 12.1 Å². The minimum atomic E-state index is -0.658. The minimum absolute atomic E-state index is 0.277. The van der Waals surface area contributed by atoms with Crippen molar-refractivity contribution in [2.24, 2.45) is 11.7 Å². The number of carbonyl (C=O) groups is 1. The Morgan fingerprint density at radius 2 is 2.00 bits per heavy atom. The van der Waals surface area contributed by atoms with Crippen LogP contribution in [0.4, 0.5) is 8.78 Å². The molecule has 0 radical (unpaired) electrons. The van der Waals surface area contributed by atoms with Crippen LogP contribution in [0.5, 0.6) is 0 Å². The maximum Gasteiger partial charge on any atom is 0.237 e. The summed E-state index contributed by atoms with van der Waals surface area (Å²) >= 11 is 0. The molecule has 0 aromatic heterocycles. The molecule has 1 aromatic rings. The number of nitrogens with one attached hydrogen (secondary N) is 1. The van der Waals surface area contributed by atoms with Gasteiger partial charge in [0.2, 0.25) is 5.91 Å².